The number of hydrogen-bond acceptors (Lipinski definition) is 3. The zero-order chi connectivity index (χ0) is 10.8. The van der Waals surface area contributed by atoms with E-state index in [1.54, 1.807) is 12.4 Å². The monoisotopic (exact) mass is 195 g/mol. The van der Waals surface area contributed by atoms with Crippen LogP contribution in [0.5, 0.6) is 0 Å². The van der Waals surface area contributed by atoms with E-state index in [0.29, 0.717) is 0 Å². The zero-order valence-electron chi connectivity index (χ0n) is 8.19. The van der Waals surface area contributed by atoms with Crippen molar-refractivity contribution in [3.8, 4) is 0 Å². The fourth-order valence-corrected chi connectivity index (χ4v) is 1.19. The highest BCUT2D eigenvalue weighted by atomic mass is 16.4. The average Bonchev–Trinajstić information content (AvgIpc) is 2.02. The highest BCUT2D eigenvalue weighted by Gasteiger charge is 2.29. The molecule has 0 fully saturated rings. The van der Waals surface area contributed by atoms with Gasteiger partial charge < -0.3 is 10.2 Å². The quantitative estimate of drug-likeness (QED) is 0.747. The maximum atomic E-state index is 10.6. The molecule has 0 radical (unpaired) electrons. The van der Waals surface area contributed by atoms with Crippen molar-refractivity contribution in [1.29, 1.82) is 0 Å². The van der Waals surface area contributed by atoms with E-state index in [1.807, 2.05) is 13.0 Å². The van der Waals surface area contributed by atoms with E-state index in [0.717, 1.165) is 11.1 Å². The van der Waals surface area contributed by atoms with Crippen molar-refractivity contribution in [1.82, 2.24) is 4.98 Å². The van der Waals surface area contributed by atoms with E-state index >= 15 is 0 Å². The topological polar surface area (TPSA) is 70.4 Å². The molecule has 2 N–H and O–H groups in total. The van der Waals surface area contributed by atoms with Crippen LogP contribution in [-0.4, -0.2) is 26.8 Å². The standard InChI is InChI=1S/C10H13NO3/c1-7-3-8(6-11-5-7)4-10(2,14)9(12)13/h3,5-6,14H,4H2,1-2H3,(H,12,13). The number of carbonyl (C=O) groups is 1. The molecule has 0 aliphatic heterocycles. The van der Waals surface area contributed by atoms with Gasteiger partial charge in [0.25, 0.3) is 0 Å². The van der Waals surface area contributed by atoms with Crippen molar-refractivity contribution in [3.05, 3.63) is 29.6 Å². The first-order valence-corrected chi connectivity index (χ1v) is 4.28. The first kappa shape index (κ1) is 10.7. The van der Waals surface area contributed by atoms with Gasteiger partial charge in [0.15, 0.2) is 5.60 Å². The largest absolute Gasteiger partial charge is 0.479 e. The molecule has 1 unspecified atom stereocenters. The van der Waals surface area contributed by atoms with Crippen LogP contribution in [-0.2, 0) is 11.2 Å². The van der Waals surface area contributed by atoms with E-state index in [2.05, 4.69) is 4.98 Å². The van der Waals surface area contributed by atoms with Gasteiger partial charge in [0.1, 0.15) is 0 Å². The Morgan fingerprint density at radius 1 is 1.57 bits per heavy atom. The van der Waals surface area contributed by atoms with Crippen molar-refractivity contribution in [3.63, 3.8) is 0 Å². The third kappa shape index (κ3) is 2.53. The van der Waals surface area contributed by atoms with Gasteiger partial charge in [-0.05, 0) is 25.0 Å². The van der Waals surface area contributed by atoms with Crippen molar-refractivity contribution >= 4 is 5.97 Å². The highest BCUT2D eigenvalue weighted by molar-refractivity contribution is 5.76. The van der Waals surface area contributed by atoms with Gasteiger partial charge in [-0.25, -0.2) is 4.79 Å². The minimum absolute atomic E-state index is 0.0665. The van der Waals surface area contributed by atoms with E-state index < -0.39 is 11.6 Å². The average molecular weight is 195 g/mol. The minimum atomic E-state index is -1.73. The Kier molecular flexibility index (Phi) is 2.86. The summed E-state index contributed by atoms with van der Waals surface area (Å²) >= 11 is 0. The predicted molar refractivity (Wildman–Crippen MR) is 50.9 cm³/mol. The van der Waals surface area contributed by atoms with Crippen LogP contribution in [0.25, 0.3) is 0 Å². The molecule has 1 heterocycles. The Hall–Kier alpha value is -1.42. The number of hydrogen-bond donors (Lipinski definition) is 2. The first-order chi connectivity index (χ1) is 6.42. The lowest BCUT2D eigenvalue weighted by atomic mass is 9.97. The Bertz CT molecular complexity index is 347. The zero-order valence-corrected chi connectivity index (χ0v) is 8.19. The molecule has 1 atom stereocenters. The lowest BCUT2D eigenvalue weighted by Gasteiger charge is -2.17. The number of nitrogens with zero attached hydrogens (tertiary/aromatic N) is 1. The molecule has 4 nitrogen and oxygen atoms in total. The molecule has 0 bridgehead atoms. The molecule has 1 aromatic rings. The lowest BCUT2D eigenvalue weighted by molar-refractivity contribution is -0.156. The fraction of sp³-hybridized carbons (Fsp3) is 0.400. The molecule has 0 spiro atoms. The maximum Gasteiger partial charge on any atom is 0.335 e. The summed E-state index contributed by atoms with van der Waals surface area (Å²) in [6, 6.07) is 1.81. The number of aromatic nitrogens is 1. The van der Waals surface area contributed by atoms with Crippen LogP contribution >= 0.6 is 0 Å². The molecule has 0 saturated heterocycles. The summed E-state index contributed by atoms with van der Waals surface area (Å²) in [5.41, 5.74) is -0.0590. The molecule has 14 heavy (non-hydrogen) atoms. The van der Waals surface area contributed by atoms with Crippen molar-refractivity contribution < 1.29 is 15.0 Å². The molecule has 76 valence electrons. The van der Waals surface area contributed by atoms with E-state index in [-0.39, 0.29) is 6.42 Å². The van der Waals surface area contributed by atoms with Crippen molar-refractivity contribution in [2.45, 2.75) is 25.9 Å². The molecule has 1 rings (SSSR count). The van der Waals surface area contributed by atoms with E-state index in [1.165, 1.54) is 6.92 Å². The second-order valence-corrected chi connectivity index (χ2v) is 3.63. The van der Waals surface area contributed by atoms with Crippen LogP contribution in [0.15, 0.2) is 18.5 Å². The number of aryl methyl sites for hydroxylation is 1. The van der Waals surface area contributed by atoms with Crippen LogP contribution in [0.4, 0.5) is 0 Å². The highest BCUT2D eigenvalue weighted by Crippen LogP contribution is 2.13. The van der Waals surface area contributed by atoms with E-state index in [9.17, 15) is 9.90 Å². The van der Waals surface area contributed by atoms with E-state index in [4.69, 9.17) is 5.11 Å². The second kappa shape index (κ2) is 3.75. The van der Waals surface area contributed by atoms with Crippen molar-refractivity contribution in [2.24, 2.45) is 0 Å². The van der Waals surface area contributed by atoms with Crippen LogP contribution in [0, 0.1) is 6.92 Å². The summed E-state index contributed by atoms with van der Waals surface area (Å²) < 4.78 is 0. The third-order valence-electron chi connectivity index (χ3n) is 1.94. The summed E-state index contributed by atoms with van der Waals surface area (Å²) in [5.74, 6) is -1.22. The number of aliphatic hydroxyl groups is 1. The normalized spacial score (nSPS) is 14.8. The van der Waals surface area contributed by atoms with Gasteiger partial charge in [-0.1, -0.05) is 6.07 Å². The predicted octanol–water partition coefficient (Wildman–Crippen LogP) is 0.768. The van der Waals surface area contributed by atoms with Gasteiger partial charge in [0.2, 0.25) is 0 Å². The maximum absolute atomic E-state index is 10.6. The minimum Gasteiger partial charge on any atom is -0.479 e. The summed E-state index contributed by atoms with van der Waals surface area (Å²) in [7, 11) is 0. The van der Waals surface area contributed by atoms with Crippen LogP contribution < -0.4 is 0 Å². The Morgan fingerprint density at radius 2 is 2.21 bits per heavy atom. The van der Waals surface area contributed by atoms with Crippen LogP contribution in [0.3, 0.4) is 0 Å². The van der Waals surface area contributed by atoms with Gasteiger partial charge in [0.05, 0.1) is 0 Å². The molecule has 0 aliphatic carbocycles. The van der Waals surface area contributed by atoms with Gasteiger partial charge in [-0.2, -0.15) is 0 Å². The lowest BCUT2D eigenvalue weighted by Crippen LogP contribution is -2.37. The Labute approximate surface area is 82.2 Å². The number of carboxylic acids is 1. The summed E-state index contributed by atoms with van der Waals surface area (Å²) in [4.78, 5) is 14.6. The molecule has 0 amide bonds. The molecule has 0 aromatic carbocycles. The summed E-state index contributed by atoms with van der Waals surface area (Å²) in [5, 5.41) is 18.2. The smallest absolute Gasteiger partial charge is 0.335 e. The SMILES string of the molecule is Cc1cncc(CC(C)(O)C(=O)O)c1. The molecule has 0 saturated carbocycles. The molecular formula is C10H13NO3. The first-order valence-electron chi connectivity index (χ1n) is 4.28. The van der Waals surface area contributed by atoms with Gasteiger partial charge in [-0.3, -0.25) is 4.98 Å². The summed E-state index contributed by atoms with van der Waals surface area (Å²) in [6.45, 7) is 3.14. The number of rotatable bonds is 3. The number of aliphatic carboxylic acids is 1. The molecule has 1 aromatic heterocycles. The fourth-order valence-electron chi connectivity index (χ4n) is 1.19. The number of pyridine rings is 1. The van der Waals surface area contributed by atoms with Gasteiger partial charge >= 0.3 is 5.97 Å². The summed E-state index contributed by atoms with van der Waals surface area (Å²) in [6.07, 6.45) is 3.31. The number of carboxylic acid groups (broad SMARTS) is 1. The molecule has 4 heteroatoms. The van der Waals surface area contributed by atoms with Crippen LogP contribution in [0.1, 0.15) is 18.1 Å². The van der Waals surface area contributed by atoms with Gasteiger partial charge in [-0.15, -0.1) is 0 Å². The second-order valence-electron chi connectivity index (χ2n) is 3.63. The Morgan fingerprint density at radius 3 is 2.71 bits per heavy atom. The Balaban J connectivity index is 2.83. The van der Waals surface area contributed by atoms with Crippen LogP contribution in [0.2, 0.25) is 0 Å². The molecule has 0 aliphatic rings. The third-order valence-corrected chi connectivity index (χ3v) is 1.94. The van der Waals surface area contributed by atoms with Crippen molar-refractivity contribution in [2.75, 3.05) is 0 Å². The van der Waals surface area contributed by atoms with Gasteiger partial charge in [0, 0.05) is 18.8 Å². The molecular weight excluding hydrogens is 182 g/mol.